The summed E-state index contributed by atoms with van der Waals surface area (Å²) >= 11 is 0. The zero-order valence-corrected chi connectivity index (χ0v) is 12.7. The number of rotatable bonds is 4. The minimum atomic E-state index is 1.10. The predicted octanol–water partition coefficient (Wildman–Crippen LogP) is 4.65. The lowest BCUT2D eigenvalue weighted by atomic mass is 10.1. The molecule has 0 aliphatic heterocycles. The second-order valence-corrected chi connectivity index (χ2v) is 5.24. The van der Waals surface area contributed by atoms with E-state index >= 15 is 0 Å². The van der Waals surface area contributed by atoms with Gasteiger partial charge in [-0.2, -0.15) is 0 Å². The number of fused-ring (bicyclic) bond motifs is 3. The Morgan fingerprint density at radius 3 is 1.65 bits per heavy atom. The summed E-state index contributed by atoms with van der Waals surface area (Å²) in [6, 6.07) is 17.3. The molecule has 0 saturated heterocycles. The van der Waals surface area contributed by atoms with Gasteiger partial charge >= 0.3 is 0 Å². The molecule has 0 fully saturated rings. The largest absolute Gasteiger partial charge is 0.317 e. The molecule has 2 aromatic carbocycles. The van der Waals surface area contributed by atoms with Crippen molar-refractivity contribution >= 4 is 0 Å². The van der Waals surface area contributed by atoms with Crippen LogP contribution in [0, 0.1) is 0 Å². The molecule has 0 unspecified atom stereocenters. The summed E-state index contributed by atoms with van der Waals surface area (Å²) in [7, 11) is 0. The molecule has 0 amide bonds. The highest BCUT2D eigenvalue weighted by Gasteiger charge is 2.15. The Bertz CT molecular complexity index is 483. The zero-order valence-electron chi connectivity index (χ0n) is 12.7. The van der Waals surface area contributed by atoms with Gasteiger partial charge in [0.15, 0.2) is 0 Å². The molecule has 0 heterocycles. The van der Waals surface area contributed by atoms with E-state index in [4.69, 9.17) is 0 Å². The SMILES string of the molecule is CCCNCCC.c1ccc2c(c1)Cc1ccccc1-2. The van der Waals surface area contributed by atoms with Crippen LogP contribution in [-0.2, 0) is 6.42 Å². The standard InChI is InChI=1S/C13H10.C6H15N/c1-3-7-12-10(5-1)9-11-6-2-4-8-13(11)12;1-3-5-7-6-4-2/h1-8H,9H2;7H,3-6H2,1-2H3. The molecular weight excluding hydrogens is 242 g/mol. The summed E-state index contributed by atoms with van der Waals surface area (Å²) < 4.78 is 0. The van der Waals surface area contributed by atoms with E-state index < -0.39 is 0 Å². The first kappa shape index (κ1) is 14.8. The van der Waals surface area contributed by atoms with Gasteiger partial charge in [-0.3, -0.25) is 0 Å². The fourth-order valence-corrected chi connectivity index (χ4v) is 2.56. The third-order valence-corrected chi connectivity index (χ3v) is 3.56. The van der Waals surface area contributed by atoms with Crippen molar-refractivity contribution in [3.8, 4) is 11.1 Å². The van der Waals surface area contributed by atoms with Crippen LogP contribution >= 0.6 is 0 Å². The van der Waals surface area contributed by atoms with E-state index in [0.717, 1.165) is 6.42 Å². The fourth-order valence-electron chi connectivity index (χ4n) is 2.56. The summed E-state index contributed by atoms with van der Waals surface area (Å²) in [5.74, 6) is 0. The third kappa shape index (κ3) is 3.71. The Balaban J connectivity index is 0.000000182. The van der Waals surface area contributed by atoms with Crippen LogP contribution in [-0.4, -0.2) is 13.1 Å². The molecule has 20 heavy (non-hydrogen) atoms. The molecule has 1 N–H and O–H groups in total. The van der Waals surface area contributed by atoms with Gasteiger partial charge in [-0.1, -0.05) is 62.4 Å². The van der Waals surface area contributed by atoms with Crippen molar-refractivity contribution < 1.29 is 0 Å². The quantitative estimate of drug-likeness (QED) is 0.678. The van der Waals surface area contributed by atoms with Crippen molar-refractivity contribution in [2.24, 2.45) is 0 Å². The van der Waals surface area contributed by atoms with Crippen LogP contribution in [0.3, 0.4) is 0 Å². The van der Waals surface area contributed by atoms with Crippen molar-refractivity contribution in [2.45, 2.75) is 33.1 Å². The maximum absolute atomic E-state index is 3.28. The van der Waals surface area contributed by atoms with Gasteiger partial charge in [0.25, 0.3) is 0 Å². The topological polar surface area (TPSA) is 12.0 Å². The van der Waals surface area contributed by atoms with Crippen LogP contribution in [0.4, 0.5) is 0 Å². The van der Waals surface area contributed by atoms with Crippen LogP contribution in [0.1, 0.15) is 37.8 Å². The van der Waals surface area contributed by atoms with Gasteiger partial charge in [0.1, 0.15) is 0 Å². The lowest BCUT2D eigenvalue weighted by Crippen LogP contribution is -2.14. The van der Waals surface area contributed by atoms with Gasteiger partial charge in [-0.05, 0) is 54.6 Å². The molecule has 106 valence electrons. The van der Waals surface area contributed by atoms with Crippen LogP contribution in [0.15, 0.2) is 48.5 Å². The molecule has 1 aliphatic carbocycles. The normalized spacial score (nSPS) is 11.3. The number of hydrogen-bond donors (Lipinski definition) is 1. The van der Waals surface area contributed by atoms with Crippen LogP contribution in [0.2, 0.25) is 0 Å². The molecule has 0 saturated carbocycles. The van der Waals surface area contributed by atoms with E-state index in [1.54, 1.807) is 0 Å². The number of benzene rings is 2. The van der Waals surface area contributed by atoms with E-state index in [1.165, 1.54) is 48.2 Å². The Kier molecular flexibility index (Phi) is 5.82. The van der Waals surface area contributed by atoms with Gasteiger partial charge in [-0.15, -0.1) is 0 Å². The Morgan fingerprint density at radius 1 is 0.750 bits per heavy atom. The average Bonchev–Trinajstić information content (AvgIpc) is 2.87. The summed E-state index contributed by atoms with van der Waals surface area (Å²) in [6.07, 6.45) is 3.60. The predicted molar refractivity (Wildman–Crippen MR) is 88.1 cm³/mol. The van der Waals surface area contributed by atoms with E-state index in [9.17, 15) is 0 Å². The van der Waals surface area contributed by atoms with E-state index in [0.29, 0.717) is 0 Å². The molecule has 1 aliphatic rings. The minimum absolute atomic E-state index is 1.10. The van der Waals surface area contributed by atoms with Gasteiger partial charge in [-0.25, -0.2) is 0 Å². The molecular formula is C19H25N. The van der Waals surface area contributed by atoms with Gasteiger partial charge in [0.05, 0.1) is 0 Å². The summed E-state index contributed by atoms with van der Waals surface area (Å²) in [4.78, 5) is 0. The van der Waals surface area contributed by atoms with Crippen molar-refractivity contribution in [1.29, 1.82) is 0 Å². The molecule has 0 radical (unpaired) electrons. The maximum atomic E-state index is 3.28. The monoisotopic (exact) mass is 267 g/mol. The first-order chi connectivity index (χ1) is 9.86. The number of nitrogens with one attached hydrogen (secondary N) is 1. The maximum Gasteiger partial charge on any atom is -0.00135 e. The summed E-state index contributed by atoms with van der Waals surface area (Å²) in [5.41, 5.74) is 5.75. The molecule has 0 atom stereocenters. The van der Waals surface area contributed by atoms with Crippen molar-refractivity contribution in [1.82, 2.24) is 5.32 Å². The van der Waals surface area contributed by atoms with Gasteiger partial charge in [0, 0.05) is 0 Å². The second-order valence-electron chi connectivity index (χ2n) is 5.24. The third-order valence-electron chi connectivity index (χ3n) is 3.56. The lowest BCUT2D eigenvalue weighted by molar-refractivity contribution is 0.662. The van der Waals surface area contributed by atoms with E-state index in [-0.39, 0.29) is 0 Å². The Morgan fingerprint density at radius 2 is 1.20 bits per heavy atom. The summed E-state index contributed by atoms with van der Waals surface area (Å²) in [5, 5.41) is 3.28. The molecule has 0 spiro atoms. The van der Waals surface area contributed by atoms with Gasteiger partial charge in [0.2, 0.25) is 0 Å². The average molecular weight is 267 g/mol. The van der Waals surface area contributed by atoms with Crippen LogP contribution < -0.4 is 5.32 Å². The molecule has 1 heteroatoms. The van der Waals surface area contributed by atoms with Crippen molar-refractivity contribution in [3.05, 3.63) is 59.7 Å². The Labute approximate surface area is 123 Å². The van der Waals surface area contributed by atoms with Crippen molar-refractivity contribution in [3.63, 3.8) is 0 Å². The lowest BCUT2D eigenvalue weighted by Gasteiger charge is -1.98. The molecule has 0 aromatic heterocycles. The zero-order chi connectivity index (χ0) is 14.2. The Hall–Kier alpha value is -1.60. The first-order valence-electron chi connectivity index (χ1n) is 7.73. The highest BCUT2D eigenvalue weighted by atomic mass is 14.8. The fraction of sp³-hybridized carbons (Fsp3) is 0.368. The highest BCUT2D eigenvalue weighted by Crippen LogP contribution is 2.35. The summed E-state index contributed by atoms with van der Waals surface area (Å²) in [6.45, 7) is 6.72. The van der Waals surface area contributed by atoms with E-state index in [1.807, 2.05) is 0 Å². The molecule has 1 nitrogen and oxygen atoms in total. The number of hydrogen-bond acceptors (Lipinski definition) is 1. The smallest absolute Gasteiger partial charge is 0.00135 e. The van der Waals surface area contributed by atoms with Crippen molar-refractivity contribution in [2.75, 3.05) is 13.1 Å². The molecule has 0 bridgehead atoms. The van der Waals surface area contributed by atoms with Crippen LogP contribution in [0.5, 0.6) is 0 Å². The van der Waals surface area contributed by atoms with E-state index in [2.05, 4.69) is 67.7 Å². The van der Waals surface area contributed by atoms with Crippen LogP contribution in [0.25, 0.3) is 11.1 Å². The molecule has 2 aromatic rings. The molecule has 3 rings (SSSR count). The van der Waals surface area contributed by atoms with Gasteiger partial charge < -0.3 is 5.32 Å². The minimum Gasteiger partial charge on any atom is -0.317 e. The highest BCUT2D eigenvalue weighted by molar-refractivity contribution is 5.76. The first-order valence-corrected chi connectivity index (χ1v) is 7.73. The second kappa shape index (κ2) is 7.86.